The van der Waals surface area contributed by atoms with Gasteiger partial charge in [-0.1, -0.05) is 6.92 Å². The van der Waals surface area contributed by atoms with E-state index >= 15 is 0 Å². The molecule has 0 saturated heterocycles. The van der Waals surface area contributed by atoms with Crippen molar-refractivity contribution in [2.75, 3.05) is 0 Å². The monoisotopic (exact) mass is 188 g/mol. The summed E-state index contributed by atoms with van der Waals surface area (Å²) in [6.45, 7) is 6.76. The smallest absolute Gasteiger partial charge is 0.320 e. The van der Waals surface area contributed by atoms with Crippen LogP contribution in [0.15, 0.2) is 0 Å². The normalized spacial score (nSPS) is 13.5. The molecule has 0 aromatic rings. The largest absolute Gasteiger partial charge is 0.481 e. The van der Waals surface area contributed by atoms with E-state index in [1.165, 1.54) is 0 Å². The Kier molecular flexibility index (Phi) is 3.91. The van der Waals surface area contributed by atoms with Crippen molar-refractivity contribution in [3.8, 4) is 0 Å². The number of carbonyl (C=O) groups is 2. The summed E-state index contributed by atoms with van der Waals surface area (Å²) in [5.74, 6) is -2.83. The Morgan fingerprint density at radius 1 is 1.38 bits per heavy atom. The van der Waals surface area contributed by atoms with Gasteiger partial charge in [0.2, 0.25) is 0 Å². The van der Waals surface area contributed by atoms with Crippen molar-refractivity contribution in [1.29, 1.82) is 0 Å². The quantitative estimate of drug-likeness (QED) is 0.537. The van der Waals surface area contributed by atoms with Gasteiger partial charge in [-0.2, -0.15) is 0 Å². The summed E-state index contributed by atoms with van der Waals surface area (Å²) in [5, 5.41) is 8.64. The van der Waals surface area contributed by atoms with Gasteiger partial charge in [0.05, 0.1) is 0 Å². The Labute approximate surface area is 77.9 Å². The van der Waals surface area contributed by atoms with Crippen LogP contribution < -0.4 is 0 Å². The summed E-state index contributed by atoms with van der Waals surface area (Å²) in [6, 6.07) is 0. The van der Waals surface area contributed by atoms with Crippen LogP contribution in [0.25, 0.3) is 0 Å². The standard InChI is InChI=1S/C9H16O4/c1-5-6(7(10)11)8(12)13-9(2,3)4/h6H,5H2,1-4H3,(H,10,11)/t6-/m0/s1. The first kappa shape index (κ1) is 11.9. The molecule has 0 spiro atoms. The Morgan fingerprint density at radius 3 is 2.08 bits per heavy atom. The van der Waals surface area contributed by atoms with E-state index in [9.17, 15) is 9.59 Å². The fourth-order valence-electron chi connectivity index (χ4n) is 0.815. The van der Waals surface area contributed by atoms with E-state index < -0.39 is 23.5 Å². The molecule has 1 atom stereocenters. The third-order valence-corrected chi connectivity index (χ3v) is 1.40. The lowest BCUT2D eigenvalue weighted by atomic mass is 10.1. The molecule has 0 heterocycles. The van der Waals surface area contributed by atoms with Gasteiger partial charge in [0.25, 0.3) is 0 Å². The van der Waals surface area contributed by atoms with E-state index in [1.807, 2.05) is 0 Å². The molecule has 0 unspecified atom stereocenters. The van der Waals surface area contributed by atoms with Crippen molar-refractivity contribution in [3.05, 3.63) is 0 Å². The van der Waals surface area contributed by atoms with E-state index in [1.54, 1.807) is 27.7 Å². The molecule has 0 aliphatic carbocycles. The minimum absolute atomic E-state index is 0.254. The minimum Gasteiger partial charge on any atom is -0.481 e. The van der Waals surface area contributed by atoms with Crippen LogP contribution in [-0.2, 0) is 14.3 Å². The number of rotatable bonds is 3. The van der Waals surface area contributed by atoms with Crippen LogP contribution in [0.5, 0.6) is 0 Å². The molecule has 0 rings (SSSR count). The number of aliphatic carboxylic acids is 1. The van der Waals surface area contributed by atoms with Gasteiger partial charge in [0.15, 0.2) is 5.92 Å². The number of hydrogen-bond acceptors (Lipinski definition) is 3. The van der Waals surface area contributed by atoms with Crippen LogP contribution in [-0.4, -0.2) is 22.6 Å². The summed E-state index contributed by atoms with van der Waals surface area (Å²) in [4.78, 5) is 21.8. The molecule has 76 valence electrons. The molecular formula is C9H16O4. The van der Waals surface area contributed by atoms with Gasteiger partial charge in [-0.3, -0.25) is 9.59 Å². The Morgan fingerprint density at radius 2 is 1.85 bits per heavy atom. The fraction of sp³-hybridized carbons (Fsp3) is 0.778. The van der Waals surface area contributed by atoms with Gasteiger partial charge in [-0.25, -0.2) is 0 Å². The van der Waals surface area contributed by atoms with Crippen LogP contribution in [0.3, 0.4) is 0 Å². The number of carbonyl (C=O) groups excluding carboxylic acids is 1. The molecule has 0 radical (unpaired) electrons. The molecule has 0 aliphatic heterocycles. The van der Waals surface area contributed by atoms with E-state index in [0.29, 0.717) is 0 Å². The lowest BCUT2D eigenvalue weighted by molar-refractivity contribution is -0.166. The van der Waals surface area contributed by atoms with E-state index in [4.69, 9.17) is 9.84 Å². The first-order valence-corrected chi connectivity index (χ1v) is 4.23. The third-order valence-electron chi connectivity index (χ3n) is 1.40. The topological polar surface area (TPSA) is 63.6 Å². The summed E-state index contributed by atoms with van der Waals surface area (Å²) < 4.78 is 4.93. The highest BCUT2D eigenvalue weighted by atomic mass is 16.6. The third kappa shape index (κ3) is 4.50. The maximum atomic E-state index is 11.2. The SMILES string of the molecule is CC[C@@H](C(=O)O)C(=O)OC(C)(C)C. The molecule has 0 fully saturated rings. The fourth-order valence-corrected chi connectivity index (χ4v) is 0.815. The molecule has 0 saturated carbocycles. The van der Waals surface area contributed by atoms with Crippen LogP contribution in [0.4, 0.5) is 0 Å². The maximum absolute atomic E-state index is 11.2. The van der Waals surface area contributed by atoms with Gasteiger partial charge < -0.3 is 9.84 Å². The summed E-state index contributed by atoms with van der Waals surface area (Å²) in [5.41, 5.74) is -0.625. The number of ether oxygens (including phenoxy) is 1. The molecule has 0 aliphatic rings. The molecule has 0 aromatic heterocycles. The van der Waals surface area contributed by atoms with Crippen molar-refractivity contribution < 1.29 is 19.4 Å². The van der Waals surface area contributed by atoms with Gasteiger partial charge in [0.1, 0.15) is 5.60 Å². The molecule has 0 aromatic carbocycles. The molecule has 4 nitrogen and oxygen atoms in total. The lowest BCUT2D eigenvalue weighted by Crippen LogP contribution is -2.32. The summed E-state index contributed by atoms with van der Waals surface area (Å²) >= 11 is 0. The van der Waals surface area contributed by atoms with E-state index in [2.05, 4.69) is 0 Å². The predicted octanol–water partition coefficient (Wildman–Crippen LogP) is 1.44. The van der Waals surface area contributed by atoms with Gasteiger partial charge in [-0.15, -0.1) is 0 Å². The van der Waals surface area contributed by atoms with Crippen molar-refractivity contribution in [2.45, 2.75) is 39.7 Å². The van der Waals surface area contributed by atoms with Crippen LogP contribution in [0.1, 0.15) is 34.1 Å². The molecule has 0 amide bonds. The highest BCUT2D eigenvalue weighted by Crippen LogP contribution is 2.13. The van der Waals surface area contributed by atoms with E-state index in [-0.39, 0.29) is 6.42 Å². The maximum Gasteiger partial charge on any atom is 0.320 e. The number of hydrogen-bond donors (Lipinski definition) is 1. The zero-order valence-corrected chi connectivity index (χ0v) is 8.46. The molecular weight excluding hydrogens is 172 g/mol. The minimum atomic E-state index is -1.13. The zero-order valence-electron chi connectivity index (χ0n) is 8.46. The first-order valence-electron chi connectivity index (χ1n) is 4.23. The highest BCUT2D eigenvalue weighted by Gasteiger charge is 2.29. The highest BCUT2D eigenvalue weighted by molar-refractivity contribution is 5.93. The molecule has 4 heteroatoms. The average molecular weight is 188 g/mol. The molecule has 13 heavy (non-hydrogen) atoms. The van der Waals surface area contributed by atoms with Crippen molar-refractivity contribution in [3.63, 3.8) is 0 Å². The Balaban J connectivity index is 4.32. The predicted molar refractivity (Wildman–Crippen MR) is 47.3 cm³/mol. The lowest BCUT2D eigenvalue weighted by Gasteiger charge is -2.21. The van der Waals surface area contributed by atoms with Gasteiger partial charge in [-0.05, 0) is 27.2 Å². The van der Waals surface area contributed by atoms with Crippen molar-refractivity contribution >= 4 is 11.9 Å². The number of carboxylic acids is 1. The Hall–Kier alpha value is -1.06. The second-order valence-electron chi connectivity index (χ2n) is 3.83. The van der Waals surface area contributed by atoms with Crippen LogP contribution >= 0.6 is 0 Å². The van der Waals surface area contributed by atoms with E-state index in [0.717, 1.165) is 0 Å². The van der Waals surface area contributed by atoms with Crippen molar-refractivity contribution in [1.82, 2.24) is 0 Å². The first-order chi connectivity index (χ1) is 5.78. The number of esters is 1. The second kappa shape index (κ2) is 4.25. The van der Waals surface area contributed by atoms with Crippen LogP contribution in [0, 0.1) is 5.92 Å². The van der Waals surface area contributed by atoms with Crippen LogP contribution in [0.2, 0.25) is 0 Å². The van der Waals surface area contributed by atoms with Gasteiger partial charge >= 0.3 is 11.9 Å². The number of carboxylic acid groups (broad SMARTS) is 1. The zero-order chi connectivity index (χ0) is 10.6. The summed E-state index contributed by atoms with van der Waals surface area (Å²) in [6.07, 6.45) is 0.254. The Bertz CT molecular complexity index is 202. The van der Waals surface area contributed by atoms with Crippen molar-refractivity contribution in [2.24, 2.45) is 5.92 Å². The molecule has 0 bridgehead atoms. The average Bonchev–Trinajstić information content (AvgIpc) is 1.82. The second-order valence-corrected chi connectivity index (χ2v) is 3.83. The molecule has 1 N–H and O–H groups in total. The summed E-state index contributed by atoms with van der Waals surface area (Å²) in [7, 11) is 0. The van der Waals surface area contributed by atoms with Gasteiger partial charge in [0, 0.05) is 0 Å².